The van der Waals surface area contributed by atoms with Crippen LogP contribution >= 0.6 is 7.49 Å². The first kappa shape index (κ1) is 31.3. The molecule has 2 nitrogen and oxygen atoms in total. The number of para-hydroxylation sites is 3. The second-order valence-electron chi connectivity index (χ2n) is 16.1. The maximum absolute atomic E-state index is 13.8. The Kier molecular flexibility index (Phi) is 6.15. The van der Waals surface area contributed by atoms with Crippen LogP contribution < -0.4 is 15.9 Å². The van der Waals surface area contributed by atoms with Crippen LogP contribution in [0.15, 0.2) is 182 Å². The summed E-state index contributed by atoms with van der Waals surface area (Å²) in [5.41, 5.74) is 15.4. The first-order valence-electron chi connectivity index (χ1n) is 19.3. The van der Waals surface area contributed by atoms with Gasteiger partial charge in [0.25, 0.3) is 0 Å². The molecule has 55 heavy (non-hydrogen) atoms. The second kappa shape index (κ2) is 10.8. The summed E-state index contributed by atoms with van der Waals surface area (Å²) in [6.07, 6.45) is 0. The molecule has 0 saturated carbocycles. The van der Waals surface area contributed by atoms with Crippen molar-refractivity contribution in [2.45, 2.75) is 24.7 Å². The SMILES string of the molecule is CC1(C)c2ccccc2-c2c(-c3ccc4c(c3)C3(c5ccccc5-n5c6ccccc6c6cccc3c65)c3ccccc3[PH]4(O)c3ccccc3)cccc21. The predicted molar refractivity (Wildman–Crippen MR) is 232 cm³/mol. The molecule has 1 unspecified atom stereocenters. The number of nitrogens with zero attached hydrogens (tertiary/aromatic N) is 1. The fourth-order valence-electron chi connectivity index (χ4n) is 11.0. The van der Waals surface area contributed by atoms with Gasteiger partial charge in [-0.2, -0.15) is 0 Å². The molecule has 2 aliphatic heterocycles. The standard InChI is InChI=1S/C52H38NOP/c1-51(2)39-22-8-6-19-38(39)49-35(20-14-25-42(49)51)33-30-31-48-44(32-33)52(41-24-10-13-29-47(41)55(48,54)34-16-4-3-5-17-34)40-23-9-12-28-46(40)53-45-27-11-7-18-36(45)37-21-15-26-43(52)50(37)53/h3-32,54-55H,1-2H3. The Balaban J connectivity index is 1.27. The molecule has 8 aromatic carbocycles. The summed E-state index contributed by atoms with van der Waals surface area (Å²) in [4.78, 5) is 13.8. The van der Waals surface area contributed by atoms with Crippen LogP contribution in [0.5, 0.6) is 0 Å². The summed E-state index contributed by atoms with van der Waals surface area (Å²) in [7, 11) is -3.52. The van der Waals surface area contributed by atoms with Crippen LogP contribution in [-0.2, 0) is 10.8 Å². The molecule has 1 aliphatic carbocycles. The molecule has 1 N–H and O–H groups in total. The van der Waals surface area contributed by atoms with Crippen LogP contribution in [-0.4, -0.2) is 9.46 Å². The van der Waals surface area contributed by atoms with E-state index in [1.165, 1.54) is 83.1 Å². The second-order valence-corrected chi connectivity index (χ2v) is 19.2. The van der Waals surface area contributed by atoms with Crippen LogP contribution in [0.4, 0.5) is 0 Å². The van der Waals surface area contributed by atoms with Gasteiger partial charge < -0.3 is 0 Å². The van der Waals surface area contributed by atoms with Crippen molar-refractivity contribution in [2.24, 2.45) is 0 Å². The topological polar surface area (TPSA) is 25.2 Å². The minimum absolute atomic E-state index is 0.109. The molecule has 9 aromatic rings. The summed E-state index contributed by atoms with van der Waals surface area (Å²) in [6.45, 7) is 4.70. The van der Waals surface area contributed by atoms with E-state index in [1.54, 1.807) is 0 Å². The fraction of sp³-hybridized carbons (Fsp3) is 0.0769. The van der Waals surface area contributed by atoms with E-state index >= 15 is 0 Å². The van der Waals surface area contributed by atoms with Crippen LogP contribution in [0.2, 0.25) is 0 Å². The summed E-state index contributed by atoms with van der Waals surface area (Å²) in [5.74, 6) is 0. The molecular weight excluding hydrogens is 686 g/mol. The Bertz CT molecular complexity index is 3100. The zero-order valence-corrected chi connectivity index (χ0v) is 31.7. The van der Waals surface area contributed by atoms with Crippen molar-refractivity contribution in [1.82, 2.24) is 4.57 Å². The van der Waals surface area contributed by atoms with Gasteiger partial charge in [0.1, 0.15) is 0 Å². The van der Waals surface area contributed by atoms with Gasteiger partial charge in [0.05, 0.1) is 0 Å². The Morgan fingerprint density at radius 3 is 1.96 bits per heavy atom. The van der Waals surface area contributed by atoms with E-state index in [-0.39, 0.29) is 5.41 Å². The van der Waals surface area contributed by atoms with Crippen LogP contribution in [0.25, 0.3) is 49.7 Å². The number of fused-ring (bicyclic) bond motifs is 14. The minimum atomic E-state index is -3.52. The number of hydrogen-bond acceptors (Lipinski definition) is 1. The third-order valence-electron chi connectivity index (χ3n) is 13.3. The third kappa shape index (κ3) is 3.72. The van der Waals surface area contributed by atoms with Crippen molar-refractivity contribution in [3.05, 3.63) is 215 Å². The van der Waals surface area contributed by atoms with E-state index in [1.807, 2.05) is 6.07 Å². The molecular formula is C52H38NOP. The Labute approximate surface area is 321 Å². The monoisotopic (exact) mass is 723 g/mol. The van der Waals surface area contributed by atoms with E-state index in [0.29, 0.717) is 0 Å². The molecule has 0 bridgehead atoms. The molecule has 1 aromatic heterocycles. The van der Waals surface area contributed by atoms with Gasteiger partial charge >= 0.3 is 323 Å². The Morgan fingerprint density at radius 1 is 0.473 bits per heavy atom. The number of hydrogen-bond donors (Lipinski definition) is 1. The predicted octanol–water partition coefficient (Wildman–Crippen LogP) is 10.7. The molecule has 3 heteroatoms. The van der Waals surface area contributed by atoms with E-state index in [2.05, 4.69) is 194 Å². The van der Waals surface area contributed by atoms with Gasteiger partial charge in [0.15, 0.2) is 0 Å². The van der Waals surface area contributed by atoms with Crippen molar-refractivity contribution in [2.75, 3.05) is 0 Å². The van der Waals surface area contributed by atoms with Gasteiger partial charge in [-0.3, -0.25) is 0 Å². The van der Waals surface area contributed by atoms with Crippen LogP contribution in [0.3, 0.4) is 0 Å². The molecule has 0 saturated heterocycles. The molecule has 0 radical (unpaired) electrons. The van der Waals surface area contributed by atoms with Crippen molar-refractivity contribution >= 4 is 45.2 Å². The molecule has 0 fully saturated rings. The average Bonchev–Trinajstić information content (AvgIpc) is 3.70. The average molecular weight is 724 g/mol. The maximum atomic E-state index is 13.8. The van der Waals surface area contributed by atoms with Gasteiger partial charge in [0, 0.05) is 0 Å². The third-order valence-corrected chi connectivity index (χ3v) is 16.9. The van der Waals surface area contributed by atoms with E-state index in [0.717, 1.165) is 15.9 Å². The van der Waals surface area contributed by atoms with Crippen LogP contribution in [0, 0.1) is 0 Å². The van der Waals surface area contributed by atoms with Crippen molar-refractivity contribution < 1.29 is 4.89 Å². The summed E-state index contributed by atoms with van der Waals surface area (Å²) >= 11 is 0. The molecule has 3 heterocycles. The van der Waals surface area contributed by atoms with E-state index in [9.17, 15) is 4.89 Å². The molecule has 12 rings (SSSR count). The van der Waals surface area contributed by atoms with Gasteiger partial charge in [-0.15, -0.1) is 0 Å². The molecule has 1 atom stereocenters. The molecule has 3 aliphatic rings. The van der Waals surface area contributed by atoms with E-state index < -0.39 is 12.9 Å². The summed E-state index contributed by atoms with van der Waals surface area (Å²) in [5, 5.41) is 5.59. The quantitative estimate of drug-likeness (QED) is 0.177. The normalized spacial score (nSPS) is 18.3. The number of aromatic nitrogens is 1. The number of rotatable bonds is 2. The first-order chi connectivity index (χ1) is 26.9. The molecule has 1 spiro atoms. The summed E-state index contributed by atoms with van der Waals surface area (Å²) in [6, 6.07) is 66.8. The number of benzene rings is 8. The molecule has 0 amide bonds. The van der Waals surface area contributed by atoms with Gasteiger partial charge in [-0.1, -0.05) is 0 Å². The Hall–Kier alpha value is -6.05. The first-order valence-corrected chi connectivity index (χ1v) is 21.3. The Morgan fingerprint density at radius 2 is 1.09 bits per heavy atom. The fourth-order valence-corrected chi connectivity index (χ4v) is 14.6. The van der Waals surface area contributed by atoms with Crippen molar-refractivity contribution in [1.29, 1.82) is 0 Å². The van der Waals surface area contributed by atoms with E-state index in [4.69, 9.17) is 0 Å². The van der Waals surface area contributed by atoms with Gasteiger partial charge in [-0.25, -0.2) is 0 Å². The van der Waals surface area contributed by atoms with Crippen molar-refractivity contribution in [3.63, 3.8) is 0 Å². The van der Waals surface area contributed by atoms with Crippen molar-refractivity contribution in [3.8, 4) is 27.9 Å². The van der Waals surface area contributed by atoms with Gasteiger partial charge in [-0.05, 0) is 0 Å². The zero-order valence-electron chi connectivity index (χ0n) is 30.7. The zero-order chi connectivity index (χ0) is 36.7. The molecule has 262 valence electrons. The summed E-state index contributed by atoms with van der Waals surface area (Å²) < 4.78 is 2.49. The van der Waals surface area contributed by atoms with Crippen LogP contribution in [0.1, 0.15) is 47.2 Å². The van der Waals surface area contributed by atoms with Gasteiger partial charge in [0.2, 0.25) is 0 Å².